The number of carbonyl (C=O) groups excluding carboxylic acids is 1. The normalized spacial score (nSPS) is 17.4. The summed E-state index contributed by atoms with van der Waals surface area (Å²) >= 11 is 1.21. The van der Waals surface area contributed by atoms with E-state index in [0.717, 1.165) is 5.56 Å². The van der Waals surface area contributed by atoms with Gasteiger partial charge in [0, 0.05) is 7.05 Å². The molecule has 9 heteroatoms. The van der Waals surface area contributed by atoms with E-state index in [4.69, 9.17) is 14.9 Å². The van der Waals surface area contributed by atoms with Crippen LogP contribution in [0, 0.1) is 0 Å². The van der Waals surface area contributed by atoms with Crippen molar-refractivity contribution < 1.29 is 29.3 Å². The van der Waals surface area contributed by atoms with Crippen molar-refractivity contribution in [2.24, 2.45) is 4.99 Å². The maximum Gasteiger partial charge on any atom is 0.344 e. The van der Waals surface area contributed by atoms with E-state index in [2.05, 4.69) is 4.99 Å². The van der Waals surface area contributed by atoms with Crippen LogP contribution in [0.2, 0.25) is 0 Å². The molecule has 0 aliphatic carbocycles. The van der Waals surface area contributed by atoms with Gasteiger partial charge in [-0.15, -0.1) is 0 Å². The molecule has 0 aromatic heterocycles. The highest BCUT2D eigenvalue weighted by molar-refractivity contribution is 8.18. The zero-order valence-electron chi connectivity index (χ0n) is 16.1. The predicted molar refractivity (Wildman–Crippen MR) is 113 cm³/mol. The predicted octanol–water partition coefficient (Wildman–Crippen LogP) is 3.47. The number of aliphatic imine (C=N–C) groups is 1. The molecule has 0 saturated carbocycles. The Morgan fingerprint density at radius 1 is 1.10 bits per heavy atom. The Bertz CT molecular complexity index is 1040. The Labute approximate surface area is 176 Å². The van der Waals surface area contributed by atoms with Gasteiger partial charge < -0.3 is 14.9 Å². The number of carboxylic acid groups (broad SMARTS) is 2. The van der Waals surface area contributed by atoms with Crippen molar-refractivity contribution in [3.63, 3.8) is 0 Å². The minimum atomic E-state index is -1.05. The van der Waals surface area contributed by atoms with E-state index >= 15 is 0 Å². The maximum absolute atomic E-state index is 12.5. The highest BCUT2D eigenvalue weighted by atomic mass is 32.2. The van der Waals surface area contributed by atoms with E-state index < -0.39 is 18.0 Å². The van der Waals surface area contributed by atoms with Gasteiger partial charge in [-0.2, -0.15) is 0 Å². The van der Waals surface area contributed by atoms with Crippen LogP contribution in [-0.4, -0.2) is 51.3 Å². The number of benzene rings is 2. The molecular formula is C21H18N2O6S. The van der Waals surface area contributed by atoms with Gasteiger partial charge in [0.1, 0.15) is 5.75 Å². The molecule has 8 nitrogen and oxygen atoms in total. The molecule has 154 valence electrons. The van der Waals surface area contributed by atoms with Gasteiger partial charge in [-0.05, 0) is 66.7 Å². The van der Waals surface area contributed by atoms with Gasteiger partial charge in [0.25, 0.3) is 5.91 Å². The van der Waals surface area contributed by atoms with Gasteiger partial charge in [0.2, 0.25) is 0 Å². The summed E-state index contributed by atoms with van der Waals surface area (Å²) < 4.78 is 5.29. The van der Waals surface area contributed by atoms with E-state index in [1.54, 1.807) is 49.5 Å². The summed E-state index contributed by atoms with van der Waals surface area (Å²) in [6, 6.07) is 12.8. The van der Waals surface area contributed by atoms with Crippen molar-refractivity contribution >= 4 is 46.5 Å². The lowest BCUT2D eigenvalue weighted by molar-refractivity contribution is -0.144. The number of hydrogen-bond donors (Lipinski definition) is 2. The first kappa shape index (κ1) is 21.1. The third-order valence-corrected chi connectivity index (χ3v) is 5.24. The highest BCUT2D eigenvalue weighted by Crippen LogP contribution is 2.33. The van der Waals surface area contributed by atoms with Gasteiger partial charge in [-0.3, -0.25) is 9.69 Å². The van der Waals surface area contributed by atoms with Crippen LogP contribution < -0.4 is 4.74 Å². The molecule has 0 spiro atoms. The Kier molecular flexibility index (Phi) is 6.22. The lowest BCUT2D eigenvalue weighted by atomic mass is 10.2. The number of amides is 1. The molecular weight excluding hydrogens is 408 g/mol. The fourth-order valence-electron chi connectivity index (χ4n) is 2.49. The van der Waals surface area contributed by atoms with Crippen molar-refractivity contribution in [1.82, 2.24) is 4.90 Å². The first-order valence-corrected chi connectivity index (χ1v) is 9.65. The highest BCUT2D eigenvalue weighted by Gasteiger charge is 2.30. The van der Waals surface area contributed by atoms with Crippen molar-refractivity contribution in [1.29, 1.82) is 0 Å². The molecule has 1 amide bonds. The van der Waals surface area contributed by atoms with Crippen molar-refractivity contribution in [2.45, 2.75) is 13.0 Å². The van der Waals surface area contributed by atoms with Crippen LogP contribution in [-0.2, 0) is 9.59 Å². The summed E-state index contributed by atoms with van der Waals surface area (Å²) in [4.78, 5) is 40.6. The topological polar surface area (TPSA) is 117 Å². The summed E-state index contributed by atoms with van der Waals surface area (Å²) in [5, 5.41) is 18.3. The molecule has 1 unspecified atom stereocenters. The zero-order valence-corrected chi connectivity index (χ0v) is 16.9. The maximum atomic E-state index is 12.5. The van der Waals surface area contributed by atoms with Crippen LogP contribution in [0.5, 0.6) is 5.75 Å². The number of aliphatic carboxylic acids is 1. The fraction of sp³-hybridized carbons (Fsp3) is 0.143. The van der Waals surface area contributed by atoms with Crippen LogP contribution in [0.3, 0.4) is 0 Å². The van der Waals surface area contributed by atoms with Crippen LogP contribution in [0.25, 0.3) is 6.08 Å². The van der Waals surface area contributed by atoms with Crippen LogP contribution in [0.4, 0.5) is 5.69 Å². The number of nitrogens with zero attached hydrogens (tertiary/aromatic N) is 2. The van der Waals surface area contributed by atoms with E-state index in [-0.39, 0.29) is 11.5 Å². The van der Waals surface area contributed by atoms with Gasteiger partial charge in [0.05, 0.1) is 16.2 Å². The fourth-order valence-corrected chi connectivity index (χ4v) is 3.48. The van der Waals surface area contributed by atoms with Crippen LogP contribution >= 0.6 is 11.8 Å². The van der Waals surface area contributed by atoms with E-state index in [9.17, 15) is 14.4 Å². The van der Waals surface area contributed by atoms with Gasteiger partial charge >= 0.3 is 11.9 Å². The molecule has 2 aromatic carbocycles. The molecule has 2 aromatic rings. The largest absolute Gasteiger partial charge is 0.479 e. The number of ether oxygens (including phenoxy) is 1. The minimum Gasteiger partial charge on any atom is -0.479 e. The summed E-state index contributed by atoms with van der Waals surface area (Å²) in [7, 11) is 1.62. The molecule has 1 atom stereocenters. The molecule has 1 fully saturated rings. The third-order valence-electron chi connectivity index (χ3n) is 4.18. The summed E-state index contributed by atoms with van der Waals surface area (Å²) in [6.45, 7) is 1.44. The van der Waals surface area contributed by atoms with Crippen molar-refractivity contribution in [3.8, 4) is 5.75 Å². The monoisotopic (exact) mass is 426 g/mol. The second-order valence-electron chi connectivity index (χ2n) is 6.39. The van der Waals surface area contributed by atoms with Gasteiger partial charge in [0.15, 0.2) is 11.3 Å². The second kappa shape index (κ2) is 8.83. The molecule has 1 saturated heterocycles. The molecule has 0 radical (unpaired) electrons. The molecule has 30 heavy (non-hydrogen) atoms. The number of thioether (sulfide) groups is 1. The lowest BCUT2D eigenvalue weighted by Crippen LogP contribution is -2.23. The third kappa shape index (κ3) is 4.87. The first-order valence-electron chi connectivity index (χ1n) is 8.84. The Morgan fingerprint density at radius 2 is 1.73 bits per heavy atom. The number of likely N-dealkylation sites (N-methyl/N-ethyl adjacent to an activating group) is 1. The van der Waals surface area contributed by atoms with Gasteiger partial charge in [-0.1, -0.05) is 12.1 Å². The van der Waals surface area contributed by atoms with Crippen molar-refractivity contribution in [2.75, 3.05) is 7.05 Å². The summed E-state index contributed by atoms with van der Waals surface area (Å²) in [5.74, 6) is -1.86. The molecule has 1 heterocycles. The van der Waals surface area contributed by atoms with Gasteiger partial charge in [-0.25, -0.2) is 14.6 Å². The molecule has 1 aliphatic rings. The van der Waals surface area contributed by atoms with E-state index in [0.29, 0.717) is 21.5 Å². The number of rotatable bonds is 6. The summed E-state index contributed by atoms with van der Waals surface area (Å²) in [6.07, 6.45) is 0.752. The second-order valence-corrected chi connectivity index (χ2v) is 7.40. The number of amidine groups is 1. The summed E-state index contributed by atoms with van der Waals surface area (Å²) in [5.41, 5.74) is 1.45. The number of carboxylic acids is 2. The van der Waals surface area contributed by atoms with Crippen molar-refractivity contribution in [3.05, 3.63) is 64.6 Å². The quantitative estimate of drug-likeness (QED) is 0.679. The Hall–Kier alpha value is -3.59. The molecule has 1 aliphatic heterocycles. The number of hydrogen-bond acceptors (Lipinski definition) is 6. The average molecular weight is 426 g/mol. The van der Waals surface area contributed by atoms with E-state index in [1.807, 2.05) is 0 Å². The lowest BCUT2D eigenvalue weighted by Gasteiger charge is -2.10. The number of aromatic carboxylic acids is 1. The standard InChI is InChI=1S/C21H18N2O6S/c1-12(19(25)26)29-16-9-3-13(4-10-16)11-17-18(24)23(2)21(30-17)22-15-7-5-14(6-8-15)20(27)28/h3-12H,1-2H3,(H,25,26)(H,27,28)/b17-11-,22-21?. The smallest absolute Gasteiger partial charge is 0.344 e. The number of carbonyl (C=O) groups is 3. The molecule has 2 N–H and O–H groups in total. The zero-order chi connectivity index (χ0) is 21.8. The average Bonchev–Trinajstić information content (AvgIpc) is 2.97. The van der Waals surface area contributed by atoms with Crippen LogP contribution in [0.1, 0.15) is 22.8 Å². The first-order chi connectivity index (χ1) is 14.2. The Balaban J connectivity index is 1.76. The molecule has 0 bridgehead atoms. The minimum absolute atomic E-state index is 0.160. The van der Waals surface area contributed by atoms with E-state index in [1.165, 1.54) is 35.7 Å². The van der Waals surface area contributed by atoms with Crippen LogP contribution in [0.15, 0.2) is 58.4 Å². The molecule has 3 rings (SSSR count). The Morgan fingerprint density at radius 3 is 2.30 bits per heavy atom. The SMILES string of the molecule is CC(Oc1ccc(/C=C2\SC(=Nc3ccc(C(=O)O)cc3)N(C)C2=O)cc1)C(=O)O.